The van der Waals surface area contributed by atoms with E-state index in [1.54, 1.807) is 55.5 Å². The fourth-order valence-corrected chi connectivity index (χ4v) is 3.99. The van der Waals surface area contributed by atoms with Crippen molar-refractivity contribution in [3.8, 4) is 0 Å². The van der Waals surface area contributed by atoms with Crippen LogP contribution in [0.1, 0.15) is 24.0 Å². The van der Waals surface area contributed by atoms with Crippen LogP contribution < -0.4 is 15.5 Å². The Labute approximate surface area is 223 Å². The average Bonchev–Trinajstić information content (AvgIpc) is 3.45. The highest BCUT2D eigenvalue weighted by Gasteiger charge is 2.38. The maximum Gasteiger partial charge on any atom is 0.340 e. The zero-order valence-corrected chi connectivity index (χ0v) is 21.6. The Kier molecular flexibility index (Phi) is 7.78. The molecule has 3 amide bonds. The van der Waals surface area contributed by atoms with Crippen LogP contribution in [0.15, 0.2) is 81.9 Å². The number of anilines is 2. The van der Waals surface area contributed by atoms with Crippen molar-refractivity contribution in [2.45, 2.75) is 20.4 Å². The number of ether oxygens (including phenoxy) is 1. The molecule has 0 unspecified atom stereocenters. The minimum Gasteiger partial charge on any atom is -0.465 e. The summed E-state index contributed by atoms with van der Waals surface area (Å²) < 4.78 is 10.6. The van der Waals surface area contributed by atoms with Crippen LogP contribution >= 0.6 is 11.6 Å². The van der Waals surface area contributed by atoms with Gasteiger partial charge in [-0.1, -0.05) is 29.3 Å². The predicted molar refractivity (Wildman–Crippen MR) is 142 cm³/mol. The lowest BCUT2D eigenvalue weighted by molar-refractivity contribution is -0.136. The maximum atomic E-state index is 13.3. The number of carbonyl (C=O) groups is 4. The molecule has 1 aliphatic heterocycles. The molecule has 38 heavy (non-hydrogen) atoms. The number of carbonyl (C=O) groups excluding carboxylic acids is 4. The summed E-state index contributed by atoms with van der Waals surface area (Å²) in [7, 11) is 1.23. The van der Waals surface area contributed by atoms with Gasteiger partial charge in [0.25, 0.3) is 5.91 Å². The molecular weight excluding hydrogens is 510 g/mol. The van der Waals surface area contributed by atoms with Crippen molar-refractivity contribution in [1.29, 1.82) is 0 Å². The third kappa shape index (κ3) is 5.68. The molecular formula is C28H24ClN3O6. The molecule has 3 aromatic rings. The molecule has 1 aromatic heterocycles. The summed E-state index contributed by atoms with van der Waals surface area (Å²) in [6.07, 6.45) is 1.43. The molecule has 0 saturated heterocycles. The lowest BCUT2D eigenvalue weighted by Gasteiger charge is -2.17. The van der Waals surface area contributed by atoms with Gasteiger partial charge in [0.15, 0.2) is 0 Å². The summed E-state index contributed by atoms with van der Waals surface area (Å²) in [5, 5.41) is 5.52. The number of methoxy groups -OCH3 is 1. The molecule has 0 saturated carbocycles. The smallest absolute Gasteiger partial charge is 0.340 e. The minimum atomic E-state index is -0.835. The zero-order chi connectivity index (χ0) is 27.4. The molecule has 1 aliphatic rings. The van der Waals surface area contributed by atoms with Crippen LogP contribution in [0.5, 0.6) is 0 Å². The molecule has 0 spiro atoms. The van der Waals surface area contributed by atoms with E-state index in [2.05, 4.69) is 10.6 Å². The second-order valence-electron chi connectivity index (χ2n) is 8.43. The molecule has 9 nitrogen and oxygen atoms in total. The fourth-order valence-electron chi connectivity index (χ4n) is 3.86. The number of aryl methyl sites for hydroxylation is 1. The third-order valence-corrected chi connectivity index (χ3v) is 6.03. The number of nitrogens with one attached hydrogen (secondary N) is 2. The molecule has 194 valence electrons. The molecule has 0 atom stereocenters. The molecule has 4 rings (SSSR count). The lowest BCUT2D eigenvalue weighted by atomic mass is 10.1. The number of furan rings is 1. The normalized spacial score (nSPS) is 14.2. The van der Waals surface area contributed by atoms with Crippen molar-refractivity contribution in [2.24, 2.45) is 0 Å². The van der Waals surface area contributed by atoms with Gasteiger partial charge in [-0.15, -0.1) is 0 Å². The fraction of sp³-hybridized carbons (Fsp3) is 0.143. The first kappa shape index (κ1) is 26.4. The summed E-state index contributed by atoms with van der Waals surface area (Å²) in [6.45, 7) is 3.50. The Balaban J connectivity index is 1.48. The van der Waals surface area contributed by atoms with Gasteiger partial charge in [0.1, 0.15) is 11.5 Å². The average molecular weight is 534 g/mol. The van der Waals surface area contributed by atoms with E-state index in [4.69, 9.17) is 20.8 Å². The van der Waals surface area contributed by atoms with Crippen molar-refractivity contribution in [3.05, 3.63) is 99.6 Å². The van der Waals surface area contributed by atoms with Gasteiger partial charge in [0.05, 0.1) is 24.8 Å². The van der Waals surface area contributed by atoms with Crippen molar-refractivity contribution in [2.75, 3.05) is 17.3 Å². The van der Waals surface area contributed by atoms with Gasteiger partial charge in [0, 0.05) is 22.1 Å². The van der Waals surface area contributed by atoms with E-state index in [-0.39, 0.29) is 23.5 Å². The summed E-state index contributed by atoms with van der Waals surface area (Å²) >= 11 is 5.97. The first-order chi connectivity index (χ1) is 18.2. The highest BCUT2D eigenvalue weighted by Crippen LogP contribution is 2.36. The number of benzene rings is 2. The molecule has 2 N–H and O–H groups in total. The van der Waals surface area contributed by atoms with Crippen LogP contribution in [0.3, 0.4) is 0 Å². The summed E-state index contributed by atoms with van der Waals surface area (Å²) in [6, 6.07) is 16.8. The number of esters is 1. The number of nitrogens with zero attached hydrogens (tertiary/aromatic N) is 1. The summed E-state index contributed by atoms with van der Waals surface area (Å²) in [5.74, 6) is -2.15. The first-order valence-electron chi connectivity index (χ1n) is 11.5. The van der Waals surface area contributed by atoms with Crippen LogP contribution in [0.2, 0.25) is 5.02 Å². The quantitative estimate of drug-likeness (QED) is 0.276. The number of rotatable bonds is 6. The highest BCUT2D eigenvalue weighted by atomic mass is 35.5. The number of halogens is 1. The molecule has 10 heteroatoms. The van der Waals surface area contributed by atoms with Crippen LogP contribution in [0.4, 0.5) is 11.4 Å². The monoisotopic (exact) mass is 533 g/mol. The molecule has 0 radical (unpaired) electrons. The molecule has 2 aromatic carbocycles. The predicted octanol–water partition coefficient (Wildman–Crippen LogP) is 4.37. The Morgan fingerprint density at radius 2 is 1.66 bits per heavy atom. The zero-order valence-electron chi connectivity index (χ0n) is 20.8. The largest absolute Gasteiger partial charge is 0.465 e. The van der Waals surface area contributed by atoms with E-state index in [1.165, 1.54) is 18.1 Å². The van der Waals surface area contributed by atoms with Crippen molar-refractivity contribution < 1.29 is 28.3 Å². The third-order valence-electron chi connectivity index (χ3n) is 5.78. The van der Waals surface area contributed by atoms with Crippen LogP contribution in [-0.4, -0.2) is 30.8 Å². The van der Waals surface area contributed by atoms with Gasteiger partial charge in [-0.25, -0.2) is 4.79 Å². The second kappa shape index (κ2) is 11.2. The van der Waals surface area contributed by atoms with Crippen LogP contribution in [0, 0.1) is 6.92 Å². The number of allylic oxidation sites excluding steroid dienone is 1. The van der Waals surface area contributed by atoms with Crippen molar-refractivity contribution >= 4 is 52.7 Å². The van der Waals surface area contributed by atoms with Gasteiger partial charge < -0.3 is 19.8 Å². The van der Waals surface area contributed by atoms with Crippen LogP contribution in [-0.2, 0) is 30.5 Å². The Morgan fingerprint density at radius 3 is 2.32 bits per heavy atom. The van der Waals surface area contributed by atoms with Gasteiger partial charge in [-0.3, -0.25) is 19.3 Å². The first-order valence-corrected chi connectivity index (χ1v) is 11.9. The van der Waals surface area contributed by atoms with E-state index in [9.17, 15) is 19.2 Å². The van der Waals surface area contributed by atoms with E-state index in [1.807, 2.05) is 19.1 Å². The Bertz CT molecular complexity index is 1470. The number of hydrogen-bond acceptors (Lipinski definition) is 6. The molecule has 2 heterocycles. The van der Waals surface area contributed by atoms with E-state index in [0.717, 1.165) is 5.56 Å². The molecule has 0 aliphatic carbocycles. The summed E-state index contributed by atoms with van der Waals surface area (Å²) in [5.41, 5.74) is 2.65. The molecule has 0 fully saturated rings. The van der Waals surface area contributed by atoms with E-state index >= 15 is 0 Å². The molecule has 0 bridgehead atoms. The van der Waals surface area contributed by atoms with Gasteiger partial charge >= 0.3 is 17.8 Å². The number of hydrogen-bond donors (Lipinski definition) is 2. The Morgan fingerprint density at radius 1 is 0.974 bits per heavy atom. The van der Waals surface area contributed by atoms with E-state index in [0.29, 0.717) is 27.9 Å². The van der Waals surface area contributed by atoms with Gasteiger partial charge in [-0.2, -0.15) is 0 Å². The maximum absolute atomic E-state index is 13.3. The lowest BCUT2D eigenvalue weighted by Crippen LogP contribution is -2.34. The second-order valence-corrected chi connectivity index (χ2v) is 8.87. The van der Waals surface area contributed by atoms with E-state index < -0.39 is 23.7 Å². The van der Waals surface area contributed by atoms with Crippen LogP contribution in [0.25, 0.3) is 6.08 Å². The highest BCUT2D eigenvalue weighted by molar-refractivity contribution is 6.39. The SMILES string of the molecule is COC(=O)C1=C(C)N(c2ccc(Cl)cc2)C(=O)/C1=C/c1ccc(CNC(=O)C(=O)Nc2ccc(C)cc2)o1. The topological polar surface area (TPSA) is 118 Å². The van der Waals surface area contributed by atoms with Gasteiger partial charge in [0.2, 0.25) is 0 Å². The standard InChI is InChI=1S/C28H24ClN3O6/c1-16-4-8-19(9-5-16)31-26(34)25(33)30-15-22-13-12-21(38-22)14-23-24(28(36)37-3)17(2)32(27(23)35)20-10-6-18(29)7-11-20/h4-14H,15H2,1-3H3,(H,30,33)(H,31,34)/b23-14+. The summed E-state index contributed by atoms with van der Waals surface area (Å²) in [4.78, 5) is 51.6. The minimum absolute atomic E-state index is 0.0626. The van der Waals surface area contributed by atoms with Crippen molar-refractivity contribution in [3.63, 3.8) is 0 Å². The van der Waals surface area contributed by atoms with Crippen molar-refractivity contribution in [1.82, 2.24) is 5.32 Å². The Hall–Kier alpha value is -4.63. The van der Waals surface area contributed by atoms with Gasteiger partial charge in [-0.05, 0) is 68.5 Å². The number of amides is 3.